The Kier molecular flexibility index (Phi) is 4.12. The number of hydrogen-bond acceptors (Lipinski definition) is 4. The van der Waals surface area contributed by atoms with Crippen LogP contribution in [0.1, 0.15) is 21.7 Å². The minimum atomic E-state index is -0.426. The second kappa shape index (κ2) is 6.60. The first-order valence-electron chi connectivity index (χ1n) is 8.38. The van der Waals surface area contributed by atoms with Crippen molar-refractivity contribution in [2.75, 3.05) is 5.32 Å². The molecule has 1 amide bonds. The Hall–Kier alpha value is -3.61. The molecule has 7 heteroatoms. The van der Waals surface area contributed by atoms with Crippen LogP contribution in [0.5, 0.6) is 0 Å². The zero-order valence-corrected chi connectivity index (χ0v) is 14.8. The number of halogens is 1. The normalized spacial score (nSPS) is 10.9. The summed E-state index contributed by atoms with van der Waals surface area (Å²) in [5.41, 5.74) is 2.88. The molecule has 2 heterocycles. The highest BCUT2D eigenvalue weighted by Gasteiger charge is 2.20. The van der Waals surface area contributed by atoms with Crippen molar-refractivity contribution in [2.45, 2.75) is 13.8 Å². The van der Waals surface area contributed by atoms with E-state index in [4.69, 9.17) is 0 Å². The molecule has 0 atom stereocenters. The van der Waals surface area contributed by atoms with Crippen molar-refractivity contribution >= 4 is 22.5 Å². The lowest BCUT2D eigenvalue weighted by Crippen LogP contribution is -2.14. The van der Waals surface area contributed by atoms with Gasteiger partial charge in [-0.1, -0.05) is 29.5 Å². The standard InChI is InChI=1S/C20H16FN5O/c1-12-8-9-17(15(21)11-12)26-13(2)18(24-25-26)20(27)23-16-7-3-5-14-6-4-10-22-19(14)16/h3-11H,1-2H3,(H,23,27). The maximum absolute atomic E-state index is 14.3. The number of amides is 1. The molecule has 1 N–H and O–H groups in total. The summed E-state index contributed by atoms with van der Waals surface area (Å²) in [7, 11) is 0. The number of rotatable bonds is 3. The molecule has 0 spiro atoms. The van der Waals surface area contributed by atoms with Gasteiger partial charge in [-0.25, -0.2) is 9.07 Å². The number of anilines is 1. The molecule has 0 radical (unpaired) electrons. The van der Waals surface area contributed by atoms with Crippen LogP contribution in [0.3, 0.4) is 0 Å². The zero-order chi connectivity index (χ0) is 19.0. The monoisotopic (exact) mass is 361 g/mol. The van der Waals surface area contributed by atoms with E-state index in [1.165, 1.54) is 10.7 Å². The highest BCUT2D eigenvalue weighted by molar-refractivity contribution is 6.07. The Bertz CT molecular complexity index is 1160. The van der Waals surface area contributed by atoms with E-state index < -0.39 is 11.7 Å². The lowest BCUT2D eigenvalue weighted by molar-refractivity contribution is 0.102. The van der Waals surface area contributed by atoms with E-state index in [1.807, 2.05) is 24.3 Å². The number of pyridine rings is 1. The molecule has 27 heavy (non-hydrogen) atoms. The van der Waals surface area contributed by atoms with Gasteiger partial charge in [0.15, 0.2) is 5.69 Å². The van der Waals surface area contributed by atoms with E-state index in [2.05, 4.69) is 20.6 Å². The van der Waals surface area contributed by atoms with E-state index in [-0.39, 0.29) is 11.4 Å². The molecule has 0 fully saturated rings. The van der Waals surface area contributed by atoms with Crippen LogP contribution in [0.15, 0.2) is 54.7 Å². The number of fused-ring (bicyclic) bond motifs is 1. The number of aryl methyl sites for hydroxylation is 1. The van der Waals surface area contributed by atoms with Crippen LogP contribution in [0, 0.1) is 19.7 Å². The van der Waals surface area contributed by atoms with Crippen LogP contribution >= 0.6 is 0 Å². The maximum atomic E-state index is 14.3. The summed E-state index contributed by atoms with van der Waals surface area (Å²) in [6, 6.07) is 14.1. The van der Waals surface area contributed by atoms with E-state index in [9.17, 15) is 9.18 Å². The van der Waals surface area contributed by atoms with Gasteiger partial charge in [-0.3, -0.25) is 9.78 Å². The van der Waals surface area contributed by atoms with Crippen molar-refractivity contribution in [3.8, 4) is 5.69 Å². The number of nitrogens with zero attached hydrogens (tertiary/aromatic N) is 4. The van der Waals surface area contributed by atoms with Crippen LogP contribution in [0.2, 0.25) is 0 Å². The fourth-order valence-electron chi connectivity index (χ4n) is 2.94. The Morgan fingerprint density at radius 3 is 2.74 bits per heavy atom. The average molecular weight is 361 g/mol. The first-order valence-corrected chi connectivity index (χ1v) is 8.38. The molecule has 0 unspecified atom stereocenters. The minimum absolute atomic E-state index is 0.128. The smallest absolute Gasteiger partial charge is 0.278 e. The van der Waals surface area contributed by atoms with Crippen molar-refractivity contribution < 1.29 is 9.18 Å². The molecule has 0 aliphatic carbocycles. The Balaban J connectivity index is 1.68. The van der Waals surface area contributed by atoms with E-state index in [1.54, 1.807) is 38.2 Å². The predicted octanol–water partition coefficient (Wildman–Crippen LogP) is 3.82. The van der Waals surface area contributed by atoms with E-state index >= 15 is 0 Å². The Morgan fingerprint density at radius 2 is 1.93 bits per heavy atom. The van der Waals surface area contributed by atoms with Crippen LogP contribution in [-0.4, -0.2) is 25.9 Å². The molecule has 4 rings (SSSR count). The minimum Gasteiger partial charge on any atom is -0.319 e. The topological polar surface area (TPSA) is 72.7 Å². The van der Waals surface area contributed by atoms with Gasteiger partial charge in [0.25, 0.3) is 5.91 Å². The fourth-order valence-corrected chi connectivity index (χ4v) is 2.94. The summed E-state index contributed by atoms with van der Waals surface area (Å²) in [4.78, 5) is 17.0. The van der Waals surface area contributed by atoms with Crippen molar-refractivity contribution in [1.82, 2.24) is 20.0 Å². The molecule has 134 valence electrons. The highest BCUT2D eigenvalue weighted by atomic mass is 19.1. The number of carbonyl (C=O) groups excluding carboxylic acids is 1. The van der Waals surface area contributed by atoms with Gasteiger partial charge in [-0.05, 0) is 43.7 Å². The van der Waals surface area contributed by atoms with Gasteiger partial charge in [0, 0.05) is 11.6 Å². The second-order valence-electron chi connectivity index (χ2n) is 6.22. The molecule has 2 aromatic carbocycles. The summed E-state index contributed by atoms with van der Waals surface area (Å²) in [5.74, 6) is -0.849. The van der Waals surface area contributed by atoms with Gasteiger partial charge in [0.05, 0.1) is 16.9 Å². The molecule has 0 aliphatic rings. The summed E-state index contributed by atoms with van der Waals surface area (Å²) >= 11 is 0. The average Bonchev–Trinajstić information content (AvgIpc) is 3.03. The Morgan fingerprint density at radius 1 is 1.11 bits per heavy atom. The lowest BCUT2D eigenvalue weighted by Gasteiger charge is -2.08. The number of hydrogen-bond donors (Lipinski definition) is 1. The predicted molar refractivity (Wildman–Crippen MR) is 100 cm³/mol. The third-order valence-corrected chi connectivity index (χ3v) is 4.32. The van der Waals surface area contributed by atoms with Crippen molar-refractivity contribution in [3.05, 3.63) is 77.5 Å². The number of carbonyl (C=O) groups is 1. The fraction of sp³-hybridized carbons (Fsp3) is 0.100. The maximum Gasteiger partial charge on any atom is 0.278 e. The zero-order valence-electron chi connectivity index (χ0n) is 14.8. The molecule has 2 aromatic heterocycles. The number of para-hydroxylation sites is 1. The van der Waals surface area contributed by atoms with Crippen LogP contribution in [-0.2, 0) is 0 Å². The summed E-state index contributed by atoms with van der Waals surface area (Å²) < 4.78 is 15.6. The first-order chi connectivity index (χ1) is 13.0. The third-order valence-electron chi connectivity index (χ3n) is 4.32. The van der Waals surface area contributed by atoms with Gasteiger partial charge in [-0.2, -0.15) is 0 Å². The number of aromatic nitrogens is 4. The molecule has 0 saturated heterocycles. The highest BCUT2D eigenvalue weighted by Crippen LogP contribution is 2.22. The quantitative estimate of drug-likeness (QED) is 0.602. The second-order valence-corrected chi connectivity index (χ2v) is 6.22. The van der Waals surface area contributed by atoms with Gasteiger partial charge in [0.2, 0.25) is 0 Å². The van der Waals surface area contributed by atoms with E-state index in [0.717, 1.165) is 10.9 Å². The number of nitrogens with one attached hydrogen (secondary N) is 1. The molecule has 0 saturated carbocycles. The first kappa shape index (κ1) is 16.8. The van der Waals surface area contributed by atoms with Gasteiger partial charge in [0.1, 0.15) is 11.5 Å². The van der Waals surface area contributed by atoms with Crippen LogP contribution in [0.4, 0.5) is 10.1 Å². The summed E-state index contributed by atoms with van der Waals surface area (Å²) in [5, 5.41) is 11.6. The van der Waals surface area contributed by atoms with Gasteiger partial charge < -0.3 is 5.32 Å². The molecule has 0 aliphatic heterocycles. The van der Waals surface area contributed by atoms with Crippen molar-refractivity contribution in [3.63, 3.8) is 0 Å². The summed E-state index contributed by atoms with van der Waals surface area (Å²) in [6.07, 6.45) is 1.67. The van der Waals surface area contributed by atoms with Gasteiger partial charge in [-0.15, -0.1) is 5.10 Å². The van der Waals surface area contributed by atoms with Crippen molar-refractivity contribution in [1.29, 1.82) is 0 Å². The van der Waals surface area contributed by atoms with Crippen LogP contribution in [0.25, 0.3) is 16.6 Å². The molecule has 4 aromatic rings. The SMILES string of the molecule is Cc1ccc(-n2nnc(C(=O)Nc3cccc4cccnc34)c2C)c(F)c1. The number of benzene rings is 2. The molecule has 0 bridgehead atoms. The molecule has 6 nitrogen and oxygen atoms in total. The van der Waals surface area contributed by atoms with Crippen molar-refractivity contribution in [2.24, 2.45) is 0 Å². The molecular weight excluding hydrogens is 345 g/mol. The Labute approximate surface area is 154 Å². The van der Waals surface area contributed by atoms with E-state index in [0.29, 0.717) is 16.9 Å². The lowest BCUT2D eigenvalue weighted by atomic mass is 10.2. The van der Waals surface area contributed by atoms with Crippen LogP contribution < -0.4 is 5.32 Å². The van der Waals surface area contributed by atoms with Gasteiger partial charge >= 0.3 is 0 Å². The molecular formula is C20H16FN5O. The largest absolute Gasteiger partial charge is 0.319 e. The summed E-state index contributed by atoms with van der Waals surface area (Å²) in [6.45, 7) is 3.48. The third kappa shape index (κ3) is 3.03.